The van der Waals surface area contributed by atoms with Crippen LogP contribution in [0.2, 0.25) is 0 Å². The predicted octanol–water partition coefficient (Wildman–Crippen LogP) is 1.91. The van der Waals surface area contributed by atoms with Gasteiger partial charge in [0.25, 0.3) is 5.91 Å². The number of nitrogens with one attached hydrogen (secondary N) is 1. The molecule has 0 bridgehead atoms. The van der Waals surface area contributed by atoms with Gasteiger partial charge in [0.2, 0.25) is 0 Å². The first-order valence-electron chi connectivity index (χ1n) is 7.43. The molecule has 1 aliphatic rings. The topological polar surface area (TPSA) is 41.6 Å². The van der Waals surface area contributed by atoms with Gasteiger partial charge in [-0.1, -0.05) is 13.8 Å². The van der Waals surface area contributed by atoms with Gasteiger partial charge in [0.1, 0.15) is 5.82 Å². The van der Waals surface area contributed by atoms with E-state index in [0.29, 0.717) is 24.1 Å². The molecule has 0 aromatic heterocycles. The summed E-state index contributed by atoms with van der Waals surface area (Å²) in [4.78, 5) is 14.4. The fourth-order valence-electron chi connectivity index (χ4n) is 2.60. The molecular weight excluding hydrogens is 271 g/mol. The Morgan fingerprint density at radius 2 is 1.90 bits per heavy atom. The van der Waals surface area contributed by atoms with Gasteiger partial charge in [-0.15, -0.1) is 0 Å². The molecule has 1 N–H and O–H groups in total. The summed E-state index contributed by atoms with van der Waals surface area (Å²) in [5, 5.41) is 2.95. The highest BCUT2D eigenvalue weighted by Crippen LogP contribution is 2.12. The lowest BCUT2D eigenvalue weighted by Gasteiger charge is -2.36. The Labute approximate surface area is 125 Å². The largest absolute Gasteiger partial charge is 0.379 e. The summed E-state index contributed by atoms with van der Waals surface area (Å²) in [6.07, 6.45) is 0. The third kappa shape index (κ3) is 4.51. The van der Waals surface area contributed by atoms with Crippen molar-refractivity contribution in [2.45, 2.75) is 19.9 Å². The Morgan fingerprint density at radius 1 is 1.29 bits per heavy atom. The summed E-state index contributed by atoms with van der Waals surface area (Å²) in [6, 6.07) is 5.90. The van der Waals surface area contributed by atoms with Crippen LogP contribution in [0.1, 0.15) is 24.2 Å². The van der Waals surface area contributed by atoms with Crippen LogP contribution < -0.4 is 5.32 Å². The second-order valence-corrected chi connectivity index (χ2v) is 5.68. The number of ether oxygens (including phenoxy) is 1. The molecular formula is C16H23FN2O2. The van der Waals surface area contributed by atoms with Crippen LogP contribution in [-0.2, 0) is 4.74 Å². The van der Waals surface area contributed by atoms with Crippen molar-refractivity contribution in [2.75, 3.05) is 32.8 Å². The van der Waals surface area contributed by atoms with E-state index in [1.165, 1.54) is 24.3 Å². The zero-order chi connectivity index (χ0) is 15.2. The van der Waals surface area contributed by atoms with Gasteiger partial charge in [0, 0.05) is 31.2 Å². The first-order chi connectivity index (χ1) is 10.1. The van der Waals surface area contributed by atoms with Gasteiger partial charge in [-0.25, -0.2) is 4.39 Å². The van der Waals surface area contributed by atoms with E-state index in [-0.39, 0.29) is 11.7 Å². The number of benzene rings is 1. The number of amides is 1. The van der Waals surface area contributed by atoms with Crippen LogP contribution in [-0.4, -0.2) is 49.7 Å². The predicted molar refractivity (Wildman–Crippen MR) is 79.8 cm³/mol. The molecule has 1 fully saturated rings. The van der Waals surface area contributed by atoms with Crippen molar-refractivity contribution < 1.29 is 13.9 Å². The number of hydrogen-bond donors (Lipinski definition) is 1. The molecule has 1 atom stereocenters. The SMILES string of the molecule is CC(C)C(CNC(=O)c1ccc(F)cc1)N1CCOCC1. The molecule has 5 heteroatoms. The monoisotopic (exact) mass is 294 g/mol. The zero-order valence-electron chi connectivity index (χ0n) is 12.6. The fourth-order valence-corrected chi connectivity index (χ4v) is 2.60. The normalized spacial score (nSPS) is 17.7. The van der Waals surface area contributed by atoms with E-state index < -0.39 is 0 Å². The van der Waals surface area contributed by atoms with Crippen molar-refractivity contribution in [1.29, 1.82) is 0 Å². The molecule has 4 nitrogen and oxygen atoms in total. The summed E-state index contributed by atoms with van der Waals surface area (Å²) in [5.74, 6) is -0.0505. The number of carbonyl (C=O) groups excluding carboxylic acids is 1. The van der Waals surface area contributed by atoms with Crippen LogP contribution in [0.3, 0.4) is 0 Å². The molecule has 0 aliphatic carbocycles. The smallest absolute Gasteiger partial charge is 0.251 e. The van der Waals surface area contributed by atoms with Gasteiger partial charge in [0.15, 0.2) is 0 Å². The Bertz CT molecular complexity index is 456. The van der Waals surface area contributed by atoms with Crippen LogP contribution in [0.4, 0.5) is 4.39 Å². The highest BCUT2D eigenvalue weighted by Gasteiger charge is 2.24. The van der Waals surface area contributed by atoms with Crippen LogP contribution >= 0.6 is 0 Å². The summed E-state index contributed by atoms with van der Waals surface area (Å²) >= 11 is 0. The number of rotatable bonds is 5. The third-order valence-electron chi connectivity index (χ3n) is 3.86. The van der Waals surface area contributed by atoms with Gasteiger partial charge >= 0.3 is 0 Å². The van der Waals surface area contributed by atoms with Crippen LogP contribution in [0, 0.1) is 11.7 Å². The number of hydrogen-bond acceptors (Lipinski definition) is 3. The molecule has 1 heterocycles. The van der Waals surface area contributed by atoms with Crippen LogP contribution in [0.5, 0.6) is 0 Å². The number of nitrogens with zero attached hydrogens (tertiary/aromatic N) is 1. The molecule has 116 valence electrons. The first kappa shape index (κ1) is 15.9. The summed E-state index contributed by atoms with van der Waals surface area (Å²) < 4.78 is 18.2. The van der Waals surface area contributed by atoms with Crippen molar-refractivity contribution >= 4 is 5.91 Å². The van der Waals surface area contributed by atoms with Crippen molar-refractivity contribution in [2.24, 2.45) is 5.92 Å². The van der Waals surface area contributed by atoms with Gasteiger partial charge in [0.05, 0.1) is 13.2 Å². The minimum absolute atomic E-state index is 0.158. The second-order valence-electron chi connectivity index (χ2n) is 5.68. The zero-order valence-corrected chi connectivity index (χ0v) is 12.6. The van der Waals surface area contributed by atoms with Crippen molar-refractivity contribution in [3.63, 3.8) is 0 Å². The van der Waals surface area contributed by atoms with Gasteiger partial charge in [-0.05, 0) is 30.2 Å². The minimum atomic E-state index is -0.333. The average molecular weight is 294 g/mol. The Morgan fingerprint density at radius 3 is 2.48 bits per heavy atom. The highest BCUT2D eigenvalue weighted by molar-refractivity contribution is 5.94. The molecule has 21 heavy (non-hydrogen) atoms. The minimum Gasteiger partial charge on any atom is -0.379 e. The van der Waals surface area contributed by atoms with E-state index >= 15 is 0 Å². The average Bonchev–Trinajstić information content (AvgIpc) is 2.48. The van der Waals surface area contributed by atoms with Crippen molar-refractivity contribution in [1.82, 2.24) is 10.2 Å². The molecule has 0 spiro atoms. The van der Waals surface area contributed by atoms with Gasteiger partial charge in [-0.2, -0.15) is 0 Å². The van der Waals surface area contributed by atoms with E-state index in [4.69, 9.17) is 4.74 Å². The number of carbonyl (C=O) groups is 1. The number of morpholine rings is 1. The molecule has 0 radical (unpaired) electrons. The summed E-state index contributed by atoms with van der Waals surface area (Å²) in [7, 11) is 0. The molecule has 1 saturated heterocycles. The molecule has 0 saturated carbocycles. The van der Waals surface area contributed by atoms with E-state index in [9.17, 15) is 9.18 Å². The Balaban J connectivity index is 1.91. The molecule has 1 aromatic rings. The molecule has 1 aromatic carbocycles. The highest BCUT2D eigenvalue weighted by atomic mass is 19.1. The summed E-state index contributed by atoms with van der Waals surface area (Å²) in [6.45, 7) is 8.19. The Hall–Kier alpha value is -1.46. The maximum Gasteiger partial charge on any atom is 0.251 e. The summed E-state index contributed by atoms with van der Waals surface area (Å²) in [5.41, 5.74) is 0.487. The van der Waals surface area contributed by atoms with E-state index in [2.05, 4.69) is 24.1 Å². The van der Waals surface area contributed by atoms with E-state index in [1.54, 1.807) is 0 Å². The van der Waals surface area contributed by atoms with Gasteiger partial charge < -0.3 is 10.1 Å². The van der Waals surface area contributed by atoms with Crippen LogP contribution in [0.25, 0.3) is 0 Å². The lowest BCUT2D eigenvalue weighted by Crippen LogP contribution is -2.51. The van der Waals surface area contributed by atoms with Crippen LogP contribution in [0.15, 0.2) is 24.3 Å². The molecule has 1 unspecified atom stereocenters. The fraction of sp³-hybridized carbons (Fsp3) is 0.562. The molecule has 1 aliphatic heterocycles. The number of halogens is 1. The Kier molecular flexibility index (Phi) is 5.70. The first-order valence-corrected chi connectivity index (χ1v) is 7.43. The lowest BCUT2D eigenvalue weighted by molar-refractivity contribution is 0.00673. The van der Waals surface area contributed by atoms with Crippen molar-refractivity contribution in [3.05, 3.63) is 35.6 Å². The van der Waals surface area contributed by atoms with Crippen molar-refractivity contribution in [3.8, 4) is 0 Å². The quantitative estimate of drug-likeness (QED) is 0.902. The second kappa shape index (κ2) is 7.52. The third-order valence-corrected chi connectivity index (χ3v) is 3.86. The molecule has 1 amide bonds. The van der Waals surface area contributed by atoms with E-state index in [0.717, 1.165) is 26.3 Å². The van der Waals surface area contributed by atoms with Gasteiger partial charge in [-0.3, -0.25) is 9.69 Å². The maximum absolute atomic E-state index is 12.9. The molecule has 2 rings (SSSR count). The van der Waals surface area contributed by atoms with E-state index in [1.807, 2.05) is 0 Å². The maximum atomic E-state index is 12.9. The standard InChI is InChI=1S/C16H23FN2O2/c1-12(2)15(19-7-9-21-10-8-19)11-18-16(20)13-3-5-14(17)6-4-13/h3-6,12,15H,7-11H2,1-2H3,(H,18,20). The lowest BCUT2D eigenvalue weighted by atomic mass is 10.0.